The Labute approximate surface area is 265 Å². The standard InChI is InChI=1S/C33H38ClN3O8/c1-17(34)22-15-37(32(42)24-13-18-12-19(8-9-23(18)35-24)43-11-10-36(2)3)25-14-26(20-6-4-5-7-21(20)28(22)25)44-33-31(41)30(40)29(39)27(16-38)45-33/h4-9,12-14,17,22,27,29-31,33,35,38-41H,10-11,15-16H2,1-3H3/t17-,22+,27?,29+,30?,31+,33-/m1/s1. The zero-order valence-electron chi connectivity index (χ0n) is 25.3. The molecule has 1 amide bonds. The molecule has 240 valence electrons. The molecule has 0 bridgehead atoms. The van der Waals surface area contributed by atoms with Crippen LogP contribution < -0.4 is 14.4 Å². The van der Waals surface area contributed by atoms with E-state index < -0.39 is 37.3 Å². The lowest BCUT2D eigenvalue weighted by molar-refractivity contribution is -0.277. The number of nitrogens with zero attached hydrogens (tertiary/aromatic N) is 2. The van der Waals surface area contributed by atoms with E-state index in [-0.39, 0.29) is 17.2 Å². The quantitative estimate of drug-likeness (QED) is 0.174. The van der Waals surface area contributed by atoms with Gasteiger partial charge >= 0.3 is 0 Å². The largest absolute Gasteiger partial charge is 0.492 e. The van der Waals surface area contributed by atoms with E-state index in [9.17, 15) is 25.2 Å². The van der Waals surface area contributed by atoms with E-state index in [0.29, 0.717) is 41.4 Å². The molecule has 2 aliphatic rings. The number of anilines is 1. The Hall–Kier alpha value is -3.42. The highest BCUT2D eigenvalue weighted by Gasteiger charge is 2.45. The molecule has 3 heterocycles. The van der Waals surface area contributed by atoms with Gasteiger partial charge in [-0.2, -0.15) is 0 Å². The molecule has 2 unspecified atom stereocenters. The maximum atomic E-state index is 14.2. The molecular formula is C33H38ClN3O8. The lowest BCUT2D eigenvalue weighted by atomic mass is 9.92. The number of carbonyl (C=O) groups is 1. The van der Waals surface area contributed by atoms with Crippen molar-refractivity contribution >= 4 is 44.9 Å². The number of carbonyl (C=O) groups excluding carboxylic acids is 1. The van der Waals surface area contributed by atoms with Gasteiger partial charge in [0.25, 0.3) is 5.91 Å². The Bertz CT molecular complexity index is 1690. The van der Waals surface area contributed by atoms with Gasteiger partial charge in [0.05, 0.1) is 12.3 Å². The molecule has 5 N–H and O–H groups in total. The predicted octanol–water partition coefficient (Wildman–Crippen LogP) is 2.81. The van der Waals surface area contributed by atoms with Crippen LogP contribution in [0.2, 0.25) is 0 Å². The summed E-state index contributed by atoms with van der Waals surface area (Å²) in [7, 11) is 3.96. The van der Waals surface area contributed by atoms with Gasteiger partial charge in [-0.15, -0.1) is 11.6 Å². The molecule has 4 aromatic rings. The van der Waals surface area contributed by atoms with Gasteiger partial charge in [0, 0.05) is 46.7 Å². The number of aromatic nitrogens is 1. The van der Waals surface area contributed by atoms with Crippen LogP contribution in [0.25, 0.3) is 21.7 Å². The SMILES string of the molecule is C[C@@H](Cl)[C@@H]1CN(C(=O)c2cc3cc(OCCN(C)C)ccc3[nH]2)c2cc(O[C@@H]3OC(CO)[C@H](O)C(O)[C@@H]3O)c3ccccc3c21. The molecule has 6 rings (SSSR count). The van der Waals surface area contributed by atoms with Gasteiger partial charge in [-0.25, -0.2) is 0 Å². The fraction of sp³-hybridized carbons (Fsp3) is 0.424. The van der Waals surface area contributed by atoms with E-state index in [1.807, 2.05) is 68.4 Å². The fourth-order valence-corrected chi connectivity index (χ4v) is 6.32. The zero-order valence-corrected chi connectivity index (χ0v) is 26.0. The molecule has 0 aliphatic carbocycles. The number of likely N-dealkylation sites (N-methyl/N-ethyl adjacent to an activating group) is 1. The first kappa shape index (κ1) is 31.6. The number of aliphatic hydroxyl groups excluding tert-OH is 4. The van der Waals surface area contributed by atoms with Gasteiger partial charge in [0.1, 0.15) is 48.2 Å². The van der Waals surface area contributed by atoms with Gasteiger partial charge < -0.3 is 49.4 Å². The van der Waals surface area contributed by atoms with Crippen LogP contribution in [0.15, 0.2) is 54.6 Å². The van der Waals surface area contributed by atoms with E-state index >= 15 is 0 Å². The summed E-state index contributed by atoms with van der Waals surface area (Å²) in [6.07, 6.45) is -7.22. The van der Waals surface area contributed by atoms with Crippen molar-refractivity contribution in [3.8, 4) is 11.5 Å². The molecule has 45 heavy (non-hydrogen) atoms. The van der Waals surface area contributed by atoms with Gasteiger partial charge in [0.15, 0.2) is 0 Å². The smallest absolute Gasteiger partial charge is 0.274 e. The Morgan fingerprint density at radius 1 is 1.09 bits per heavy atom. The van der Waals surface area contributed by atoms with Crippen LogP contribution >= 0.6 is 11.6 Å². The minimum atomic E-state index is -1.60. The maximum absolute atomic E-state index is 14.2. The van der Waals surface area contributed by atoms with Crippen LogP contribution in [-0.2, 0) is 4.74 Å². The minimum Gasteiger partial charge on any atom is -0.492 e. The van der Waals surface area contributed by atoms with Crippen molar-refractivity contribution in [3.05, 3.63) is 65.9 Å². The predicted molar refractivity (Wildman–Crippen MR) is 170 cm³/mol. The van der Waals surface area contributed by atoms with Gasteiger partial charge in [-0.1, -0.05) is 24.3 Å². The summed E-state index contributed by atoms with van der Waals surface area (Å²) >= 11 is 6.73. The third-order valence-corrected chi connectivity index (χ3v) is 8.89. The van der Waals surface area contributed by atoms with Gasteiger partial charge in [-0.05, 0) is 56.2 Å². The van der Waals surface area contributed by atoms with E-state index in [4.69, 9.17) is 25.8 Å². The summed E-state index contributed by atoms with van der Waals surface area (Å²) in [5.74, 6) is 0.575. The number of halogens is 1. The average Bonchev–Trinajstić information content (AvgIpc) is 3.63. The fourth-order valence-electron chi connectivity index (χ4n) is 6.11. The first-order chi connectivity index (χ1) is 21.6. The monoisotopic (exact) mass is 639 g/mol. The van der Waals surface area contributed by atoms with Crippen molar-refractivity contribution in [2.45, 2.75) is 48.9 Å². The summed E-state index contributed by atoms with van der Waals surface area (Å²) in [5.41, 5.74) is 2.69. The number of alkyl halides is 1. The van der Waals surface area contributed by atoms with Crippen molar-refractivity contribution in [1.29, 1.82) is 0 Å². The number of rotatable bonds is 9. The third kappa shape index (κ3) is 5.97. The molecule has 0 radical (unpaired) electrons. The topological polar surface area (TPSA) is 148 Å². The van der Waals surface area contributed by atoms with Gasteiger partial charge in [-0.3, -0.25) is 4.79 Å². The molecule has 1 saturated heterocycles. The maximum Gasteiger partial charge on any atom is 0.274 e. The molecule has 1 aromatic heterocycles. The second-order valence-corrected chi connectivity index (χ2v) is 12.6. The normalized spacial score (nSPS) is 25.6. The molecule has 11 nitrogen and oxygen atoms in total. The lowest BCUT2D eigenvalue weighted by Crippen LogP contribution is -2.60. The van der Waals surface area contributed by atoms with E-state index in [1.165, 1.54) is 0 Å². The van der Waals surface area contributed by atoms with Crippen LogP contribution in [0.1, 0.15) is 28.9 Å². The summed E-state index contributed by atoms with van der Waals surface area (Å²) in [6.45, 7) is 2.97. The molecule has 2 aliphatic heterocycles. The highest BCUT2D eigenvalue weighted by Crippen LogP contribution is 2.48. The lowest BCUT2D eigenvalue weighted by Gasteiger charge is -2.39. The minimum absolute atomic E-state index is 0.182. The molecule has 12 heteroatoms. The summed E-state index contributed by atoms with van der Waals surface area (Å²) in [4.78, 5) is 21.1. The van der Waals surface area contributed by atoms with Crippen LogP contribution in [0.5, 0.6) is 11.5 Å². The van der Waals surface area contributed by atoms with E-state index in [2.05, 4.69) is 4.98 Å². The Morgan fingerprint density at radius 3 is 2.56 bits per heavy atom. The number of nitrogens with one attached hydrogen (secondary N) is 1. The van der Waals surface area contributed by atoms with Crippen LogP contribution in [0.4, 0.5) is 5.69 Å². The first-order valence-corrected chi connectivity index (χ1v) is 15.4. The number of hydrogen-bond acceptors (Lipinski definition) is 9. The van der Waals surface area contributed by atoms with Crippen molar-refractivity contribution in [1.82, 2.24) is 9.88 Å². The third-order valence-electron chi connectivity index (χ3n) is 8.59. The summed E-state index contributed by atoms with van der Waals surface area (Å²) in [5, 5.41) is 43.0. The van der Waals surface area contributed by atoms with Crippen LogP contribution in [0, 0.1) is 0 Å². The van der Waals surface area contributed by atoms with Gasteiger partial charge in [0.2, 0.25) is 6.29 Å². The van der Waals surface area contributed by atoms with E-state index in [0.717, 1.165) is 28.4 Å². The number of fused-ring (bicyclic) bond motifs is 4. The van der Waals surface area contributed by atoms with Crippen molar-refractivity contribution in [2.75, 3.05) is 45.3 Å². The van der Waals surface area contributed by atoms with Crippen molar-refractivity contribution in [3.63, 3.8) is 0 Å². The Kier molecular flexibility index (Phi) is 8.95. The van der Waals surface area contributed by atoms with Crippen molar-refractivity contribution < 1.29 is 39.4 Å². The molecule has 3 aromatic carbocycles. The number of H-pyrrole nitrogens is 1. The first-order valence-electron chi connectivity index (χ1n) is 15.0. The molecule has 7 atom stereocenters. The van der Waals surface area contributed by atoms with E-state index in [1.54, 1.807) is 17.0 Å². The number of ether oxygens (including phenoxy) is 3. The Balaban J connectivity index is 1.36. The number of aromatic amines is 1. The molecule has 0 spiro atoms. The number of aliphatic hydroxyl groups is 4. The van der Waals surface area contributed by atoms with Crippen molar-refractivity contribution in [2.24, 2.45) is 0 Å². The average molecular weight is 640 g/mol. The highest BCUT2D eigenvalue weighted by molar-refractivity contribution is 6.22. The molecule has 0 saturated carbocycles. The number of amides is 1. The number of hydrogen-bond donors (Lipinski definition) is 5. The molecular weight excluding hydrogens is 602 g/mol. The second kappa shape index (κ2) is 12.8. The summed E-state index contributed by atoms with van der Waals surface area (Å²) in [6, 6.07) is 16.7. The molecule has 1 fully saturated rings. The summed E-state index contributed by atoms with van der Waals surface area (Å²) < 4.78 is 17.7. The van der Waals surface area contributed by atoms with Crippen LogP contribution in [-0.4, -0.2) is 113 Å². The highest BCUT2D eigenvalue weighted by atomic mass is 35.5. The van der Waals surface area contributed by atoms with Crippen LogP contribution in [0.3, 0.4) is 0 Å². The number of benzene rings is 3. The zero-order chi connectivity index (χ0) is 32.0. The Morgan fingerprint density at radius 2 is 1.84 bits per heavy atom. The second-order valence-electron chi connectivity index (χ2n) is 12.0.